The summed E-state index contributed by atoms with van der Waals surface area (Å²) in [4.78, 5) is 17.6. The van der Waals surface area contributed by atoms with Gasteiger partial charge in [0.1, 0.15) is 11.6 Å². The Bertz CT molecular complexity index is 1620. The van der Waals surface area contributed by atoms with Gasteiger partial charge in [0.25, 0.3) is 0 Å². The van der Waals surface area contributed by atoms with Gasteiger partial charge in [-0.3, -0.25) is 0 Å². The molecule has 0 radical (unpaired) electrons. The highest BCUT2D eigenvalue weighted by Gasteiger charge is 2.14. The Labute approximate surface area is 208 Å². The zero-order chi connectivity index (χ0) is 24.3. The van der Waals surface area contributed by atoms with E-state index in [0.717, 1.165) is 28.1 Å². The number of esters is 1. The van der Waals surface area contributed by atoms with Crippen molar-refractivity contribution in [2.24, 2.45) is 0 Å². The van der Waals surface area contributed by atoms with Gasteiger partial charge in [0.2, 0.25) is 0 Å². The summed E-state index contributed by atoms with van der Waals surface area (Å²) in [5, 5.41) is 0. The van der Waals surface area contributed by atoms with Crippen LogP contribution in [0.5, 0.6) is 5.75 Å². The van der Waals surface area contributed by atoms with Crippen molar-refractivity contribution in [3.63, 3.8) is 0 Å². The lowest BCUT2D eigenvalue weighted by atomic mass is 10.1. The molecule has 5 nitrogen and oxygen atoms in total. The fourth-order valence-electron chi connectivity index (χ4n) is 4.34. The van der Waals surface area contributed by atoms with Gasteiger partial charge in [0.05, 0.1) is 16.6 Å². The molecule has 0 aliphatic rings. The molecular weight excluding hydrogens is 446 g/mol. The Morgan fingerprint density at radius 2 is 1.42 bits per heavy atom. The summed E-state index contributed by atoms with van der Waals surface area (Å²) in [5.74, 6) is 0.973. The standard InChI is InChI=1S/C31H23N3O2/c35-31(25-12-16-26(17-13-25)33-20-6-7-21-33)36-27-18-14-24(15-19-27)30-32-28-10-4-5-11-29(28)34(30)22-23-8-2-1-3-9-23/h1-21H,22H2. The van der Waals surface area contributed by atoms with Gasteiger partial charge in [-0.25, -0.2) is 9.78 Å². The van der Waals surface area contributed by atoms with E-state index >= 15 is 0 Å². The molecule has 36 heavy (non-hydrogen) atoms. The highest BCUT2D eigenvalue weighted by atomic mass is 16.5. The van der Waals surface area contributed by atoms with Crippen LogP contribution in [-0.4, -0.2) is 20.1 Å². The average molecular weight is 470 g/mol. The van der Waals surface area contributed by atoms with E-state index in [0.29, 0.717) is 17.9 Å². The van der Waals surface area contributed by atoms with Crippen LogP contribution in [0.3, 0.4) is 0 Å². The van der Waals surface area contributed by atoms with Gasteiger partial charge in [-0.05, 0) is 78.4 Å². The van der Waals surface area contributed by atoms with Gasteiger partial charge >= 0.3 is 5.97 Å². The molecule has 0 saturated heterocycles. The molecule has 4 aromatic carbocycles. The number of carbonyl (C=O) groups is 1. The molecule has 174 valence electrons. The molecule has 0 bridgehead atoms. The lowest BCUT2D eigenvalue weighted by Gasteiger charge is -2.11. The Hall–Kier alpha value is -4.90. The third-order valence-corrected chi connectivity index (χ3v) is 6.17. The minimum atomic E-state index is -0.391. The van der Waals surface area contributed by atoms with Crippen molar-refractivity contribution in [2.75, 3.05) is 0 Å². The van der Waals surface area contributed by atoms with Crippen molar-refractivity contribution < 1.29 is 9.53 Å². The summed E-state index contributed by atoms with van der Waals surface area (Å²) in [6.45, 7) is 0.715. The normalized spacial score (nSPS) is 11.0. The fourth-order valence-corrected chi connectivity index (χ4v) is 4.34. The largest absolute Gasteiger partial charge is 0.423 e. The molecule has 0 atom stereocenters. The number of hydrogen-bond donors (Lipinski definition) is 0. The Morgan fingerprint density at radius 1 is 0.722 bits per heavy atom. The first-order valence-electron chi connectivity index (χ1n) is 11.8. The highest BCUT2D eigenvalue weighted by Crippen LogP contribution is 2.28. The summed E-state index contributed by atoms with van der Waals surface area (Å²) < 4.78 is 9.84. The van der Waals surface area contributed by atoms with Crippen molar-refractivity contribution in [2.45, 2.75) is 6.54 Å². The molecule has 6 rings (SSSR count). The molecule has 0 N–H and O–H groups in total. The first-order chi connectivity index (χ1) is 17.7. The van der Waals surface area contributed by atoms with Gasteiger partial charge in [-0.1, -0.05) is 42.5 Å². The van der Waals surface area contributed by atoms with E-state index < -0.39 is 5.97 Å². The number of hydrogen-bond acceptors (Lipinski definition) is 3. The molecule has 0 saturated carbocycles. The van der Waals surface area contributed by atoms with Crippen LogP contribution in [0.25, 0.3) is 28.1 Å². The summed E-state index contributed by atoms with van der Waals surface area (Å²) in [7, 11) is 0. The smallest absolute Gasteiger partial charge is 0.343 e. The van der Waals surface area contributed by atoms with Crippen molar-refractivity contribution in [3.05, 3.63) is 139 Å². The zero-order valence-electron chi connectivity index (χ0n) is 19.5. The van der Waals surface area contributed by atoms with E-state index in [1.54, 1.807) is 12.1 Å². The van der Waals surface area contributed by atoms with Crippen LogP contribution in [0.4, 0.5) is 0 Å². The molecule has 2 aromatic heterocycles. The third-order valence-electron chi connectivity index (χ3n) is 6.17. The van der Waals surface area contributed by atoms with E-state index in [-0.39, 0.29) is 0 Å². The molecule has 0 aliphatic carbocycles. The molecule has 6 aromatic rings. The maximum Gasteiger partial charge on any atom is 0.343 e. The molecule has 0 unspecified atom stereocenters. The Balaban J connectivity index is 1.24. The topological polar surface area (TPSA) is 49.0 Å². The van der Waals surface area contributed by atoms with Crippen molar-refractivity contribution in [1.29, 1.82) is 0 Å². The number of nitrogens with zero attached hydrogens (tertiary/aromatic N) is 3. The van der Waals surface area contributed by atoms with Crippen LogP contribution < -0.4 is 4.74 Å². The molecule has 0 amide bonds. The van der Waals surface area contributed by atoms with Crippen LogP contribution in [-0.2, 0) is 6.54 Å². The molecule has 0 fully saturated rings. The summed E-state index contributed by atoms with van der Waals surface area (Å²) in [6.07, 6.45) is 3.92. The van der Waals surface area contributed by atoms with Crippen LogP contribution in [0.1, 0.15) is 15.9 Å². The number of benzene rings is 4. The fraction of sp³-hybridized carbons (Fsp3) is 0.0323. The Kier molecular flexibility index (Phi) is 5.64. The highest BCUT2D eigenvalue weighted by molar-refractivity contribution is 5.91. The van der Waals surface area contributed by atoms with Gasteiger partial charge in [0.15, 0.2) is 0 Å². The van der Waals surface area contributed by atoms with Gasteiger partial charge in [-0.15, -0.1) is 0 Å². The molecule has 2 heterocycles. The van der Waals surface area contributed by atoms with Crippen LogP contribution in [0.2, 0.25) is 0 Å². The number of carbonyl (C=O) groups excluding carboxylic acids is 1. The number of aromatic nitrogens is 3. The molecule has 0 spiro atoms. The lowest BCUT2D eigenvalue weighted by molar-refractivity contribution is 0.0735. The first kappa shape index (κ1) is 21.6. The number of ether oxygens (including phenoxy) is 1. The van der Waals surface area contributed by atoms with E-state index in [9.17, 15) is 4.79 Å². The molecule has 5 heteroatoms. The number of para-hydroxylation sites is 2. The van der Waals surface area contributed by atoms with Crippen LogP contribution in [0.15, 0.2) is 128 Å². The van der Waals surface area contributed by atoms with E-state index in [4.69, 9.17) is 9.72 Å². The van der Waals surface area contributed by atoms with Gasteiger partial charge < -0.3 is 13.9 Å². The quantitative estimate of drug-likeness (QED) is 0.200. The van der Waals surface area contributed by atoms with E-state index in [1.807, 2.05) is 102 Å². The summed E-state index contributed by atoms with van der Waals surface area (Å²) in [6, 6.07) is 37.3. The molecule has 0 aliphatic heterocycles. The number of fused-ring (bicyclic) bond motifs is 1. The second kappa shape index (κ2) is 9.39. The van der Waals surface area contributed by atoms with E-state index in [2.05, 4.69) is 22.8 Å². The van der Waals surface area contributed by atoms with Crippen molar-refractivity contribution in [3.8, 4) is 22.8 Å². The third kappa shape index (κ3) is 4.30. The Morgan fingerprint density at radius 3 is 2.17 bits per heavy atom. The average Bonchev–Trinajstić information content (AvgIpc) is 3.59. The van der Waals surface area contributed by atoms with Crippen LogP contribution >= 0.6 is 0 Å². The maximum absolute atomic E-state index is 12.7. The van der Waals surface area contributed by atoms with Crippen molar-refractivity contribution in [1.82, 2.24) is 14.1 Å². The maximum atomic E-state index is 12.7. The number of imidazole rings is 1. The van der Waals surface area contributed by atoms with E-state index in [1.165, 1.54) is 5.56 Å². The minimum Gasteiger partial charge on any atom is -0.423 e. The molecular formula is C31H23N3O2. The minimum absolute atomic E-state index is 0.391. The van der Waals surface area contributed by atoms with Gasteiger partial charge in [0, 0.05) is 30.2 Å². The summed E-state index contributed by atoms with van der Waals surface area (Å²) >= 11 is 0. The second-order valence-electron chi connectivity index (χ2n) is 8.55. The van der Waals surface area contributed by atoms with Crippen molar-refractivity contribution >= 4 is 17.0 Å². The van der Waals surface area contributed by atoms with Gasteiger partial charge in [-0.2, -0.15) is 0 Å². The van der Waals surface area contributed by atoms with Crippen LogP contribution in [0, 0.1) is 0 Å². The number of rotatable bonds is 6. The second-order valence-corrected chi connectivity index (χ2v) is 8.55. The summed E-state index contributed by atoms with van der Waals surface area (Å²) in [5.41, 5.74) is 5.67. The lowest BCUT2D eigenvalue weighted by Crippen LogP contribution is -2.08. The predicted octanol–water partition coefficient (Wildman–Crippen LogP) is 6.76. The SMILES string of the molecule is O=C(Oc1ccc(-c2nc3ccccc3n2Cc2ccccc2)cc1)c1ccc(-n2cccc2)cc1. The monoisotopic (exact) mass is 469 g/mol. The predicted molar refractivity (Wildman–Crippen MR) is 141 cm³/mol. The zero-order valence-corrected chi connectivity index (χ0v) is 19.5. The first-order valence-corrected chi connectivity index (χ1v) is 11.8.